The van der Waals surface area contributed by atoms with E-state index in [1.807, 2.05) is 0 Å². The zero-order valence-electron chi connectivity index (χ0n) is 13.2. The summed E-state index contributed by atoms with van der Waals surface area (Å²) >= 11 is 9.17. The second-order valence-electron chi connectivity index (χ2n) is 5.17. The van der Waals surface area contributed by atoms with Crippen molar-refractivity contribution in [2.45, 2.75) is 6.10 Å². The molecule has 2 rings (SSSR count). The van der Waals surface area contributed by atoms with E-state index >= 15 is 0 Å². The van der Waals surface area contributed by atoms with E-state index in [1.165, 1.54) is 18.2 Å². The highest BCUT2D eigenvalue weighted by Crippen LogP contribution is 2.18. The summed E-state index contributed by atoms with van der Waals surface area (Å²) in [4.78, 5) is 34.6. The van der Waals surface area contributed by atoms with Gasteiger partial charge in [-0.05, 0) is 42.5 Å². The summed E-state index contributed by atoms with van der Waals surface area (Å²) in [5.41, 5.74) is 5.39. The fraction of sp³-hybridized carbons (Fsp3) is 0.118. The zero-order chi connectivity index (χ0) is 19.3. The number of carbonyl (C=O) groups is 3. The number of carboxylic acids is 1. The molecule has 0 heterocycles. The first-order valence-electron chi connectivity index (χ1n) is 7.30. The molecule has 4 N–H and O–H groups in total. The minimum Gasteiger partial charge on any atom is -0.478 e. The highest BCUT2D eigenvalue weighted by Gasteiger charge is 2.21. The molecular weight excluding hydrogens is 428 g/mol. The predicted molar refractivity (Wildman–Crippen MR) is 98.5 cm³/mol. The summed E-state index contributed by atoms with van der Waals surface area (Å²) in [6, 6.07) is 10.6. The topological polar surface area (TPSA) is 119 Å². The third-order valence-electron chi connectivity index (χ3n) is 3.31. The number of nitrogens with two attached hydrogens (primary N) is 1. The lowest BCUT2D eigenvalue weighted by atomic mass is 10.1. The summed E-state index contributed by atoms with van der Waals surface area (Å²) in [6.07, 6.45) is -1.28. The molecule has 2 aromatic carbocycles. The summed E-state index contributed by atoms with van der Waals surface area (Å²) in [7, 11) is 0. The Labute approximate surface area is 162 Å². The number of halogens is 2. The van der Waals surface area contributed by atoms with Crippen LogP contribution in [-0.4, -0.2) is 35.5 Å². The van der Waals surface area contributed by atoms with Crippen LogP contribution in [0.5, 0.6) is 5.75 Å². The SMILES string of the molecule is NC(=O)c1ccc(C(=O)NCC(Oc2ccc(Br)cc2)C(=O)O)cc1Cl. The standard InChI is InChI=1S/C17H14BrClN2O5/c18-10-2-4-11(5-3-10)26-14(17(24)25)8-21-16(23)9-1-6-12(15(20)22)13(19)7-9/h1-7,14H,8H2,(H2,20,22)(H,21,23)(H,24,25). The van der Waals surface area contributed by atoms with Crippen LogP contribution >= 0.6 is 27.5 Å². The third kappa shape index (κ3) is 5.21. The number of nitrogens with one attached hydrogen (secondary N) is 1. The van der Waals surface area contributed by atoms with Crippen LogP contribution in [0.2, 0.25) is 5.02 Å². The monoisotopic (exact) mass is 440 g/mol. The van der Waals surface area contributed by atoms with Crippen molar-refractivity contribution >= 4 is 45.3 Å². The molecule has 0 aliphatic heterocycles. The van der Waals surface area contributed by atoms with Gasteiger partial charge in [0.15, 0.2) is 0 Å². The smallest absolute Gasteiger partial charge is 0.346 e. The molecule has 1 atom stereocenters. The average molecular weight is 442 g/mol. The summed E-state index contributed by atoms with van der Waals surface area (Å²) < 4.78 is 6.19. The number of aliphatic carboxylic acids is 1. The molecule has 0 fully saturated rings. The summed E-state index contributed by atoms with van der Waals surface area (Å²) in [5, 5.41) is 11.7. The second-order valence-corrected chi connectivity index (χ2v) is 6.49. The van der Waals surface area contributed by atoms with Gasteiger partial charge in [0.25, 0.3) is 5.91 Å². The van der Waals surface area contributed by atoms with Crippen LogP contribution in [0.1, 0.15) is 20.7 Å². The highest BCUT2D eigenvalue weighted by atomic mass is 79.9. The molecule has 0 aromatic heterocycles. The van der Waals surface area contributed by atoms with Crippen LogP contribution in [0, 0.1) is 0 Å². The van der Waals surface area contributed by atoms with Gasteiger partial charge in [0.1, 0.15) is 5.75 Å². The number of benzene rings is 2. The number of amides is 2. The lowest BCUT2D eigenvalue weighted by Crippen LogP contribution is -2.40. The van der Waals surface area contributed by atoms with Crippen molar-refractivity contribution < 1.29 is 24.2 Å². The van der Waals surface area contributed by atoms with Gasteiger partial charge >= 0.3 is 5.97 Å². The quantitative estimate of drug-likeness (QED) is 0.610. The molecule has 1 unspecified atom stereocenters. The van der Waals surface area contributed by atoms with Gasteiger partial charge in [-0.15, -0.1) is 0 Å². The molecule has 0 radical (unpaired) electrons. The Hall–Kier alpha value is -2.58. The molecule has 7 nitrogen and oxygen atoms in total. The van der Waals surface area contributed by atoms with Crippen LogP contribution in [0.4, 0.5) is 0 Å². The van der Waals surface area contributed by atoms with Crippen molar-refractivity contribution in [3.8, 4) is 5.75 Å². The molecule has 0 bridgehead atoms. The lowest BCUT2D eigenvalue weighted by molar-refractivity contribution is -0.144. The van der Waals surface area contributed by atoms with E-state index in [9.17, 15) is 19.5 Å². The van der Waals surface area contributed by atoms with Gasteiger partial charge in [0.2, 0.25) is 12.0 Å². The zero-order valence-corrected chi connectivity index (χ0v) is 15.6. The molecule has 2 aromatic rings. The van der Waals surface area contributed by atoms with Crippen molar-refractivity contribution in [2.75, 3.05) is 6.54 Å². The maximum atomic E-state index is 12.2. The minimum atomic E-state index is -1.28. The maximum absolute atomic E-state index is 12.2. The number of carboxylic acid groups (broad SMARTS) is 1. The number of carbonyl (C=O) groups excluding carboxylic acids is 2. The van der Waals surface area contributed by atoms with E-state index < -0.39 is 23.9 Å². The Morgan fingerprint density at radius 2 is 1.85 bits per heavy atom. The number of hydrogen-bond donors (Lipinski definition) is 3. The predicted octanol–water partition coefficient (Wildman–Crippen LogP) is 2.46. The van der Waals surface area contributed by atoms with Gasteiger partial charge in [-0.2, -0.15) is 0 Å². The highest BCUT2D eigenvalue weighted by molar-refractivity contribution is 9.10. The molecule has 0 saturated carbocycles. The Kier molecular flexibility index (Phi) is 6.59. The van der Waals surface area contributed by atoms with Gasteiger partial charge < -0.3 is 20.9 Å². The lowest BCUT2D eigenvalue weighted by Gasteiger charge is -2.16. The van der Waals surface area contributed by atoms with Crippen LogP contribution in [0.25, 0.3) is 0 Å². The first kappa shape index (κ1) is 19.7. The van der Waals surface area contributed by atoms with Gasteiger partial charge in [-0.3, -0.25) is 9.59 Å². The number of ether oxygens (including phenoxy) is 1. The van der Waals surface area contributed by atoms with Crippen LogP contribution < -0.4 is 15.8 Å². The summed E-state index contributed by atoms with van der Waals surface area (Å²) in [5.74, 6) is -2.15. The Balaban J connectivity index is 2.03. The van der Waals surface area contributed by atoms with Crippen LogP contribution in [-0.2, 0) is 4.79 Å². The number of primary amides is 1. The van der Waals surface area contributed by atoms with Gasteiger partial charge in [0.05, 0.1) is 17.1 Å². The van der Waals surface area contributed by atoms with E-state index in [0.29, 0.717) is 5.75 Å². The molecule has 26 heavy (non-hydrogen) atoms. The molecule has 9 heteroatoms. The normalized spacial score (nSPS) is 11.5. The first-order chi connectivity index (χ1) is 12.3. The minimum absolute atomic E-state index is 0.0334. The van der Waals surface area contributed by atoms with Crippen molar-refractivity contribution in [2.24, 2.45) is 5.73 Å². The van der Waals surface area contributed by atoms with E-state index in [0.717, 1.165) is 4.47 Å². The van der Waals surface area contributed by atoms with Gasteiger partial charge in [-0.25, -0.2) is 4.79 Å². The number of rotatable bonds is 7. The Morgan fingerprint density at radius 3 is 2.38 bits per heavy atom. The van der Waals surface area contributed by atoms with Crippen LogP contribution in [0.3, 0.4) is 0 Å². The average Bonchev–Trinajstić information content (AvgIpc) is 2.59. The summed E-state index contributed by atoms with van der Waals surface area (Å²) in [6.45, 7) is -0.264. The van der Waals surface area contributed by atoms with E-state index in [4.69, 9.17) is 22.1 Å². The maximum Gasteiger partial charge on any atom is 0.346 e. The molecular formula is C17H14BrClN2O5. The van der Waals surface area contributed by atoms with E-state index in [2.05, 4.69) is 21.2 Å². The molecule has 0 aliphatic rings. The van der Waals surface area contributed by atoms with Gasteiger partial charge in [0, 0.05) is 10.0 Å². The fourth-order valence-corrected chi connectivity index (χ4v) is 2.54. The second kappa shape index (κ2) is 8.68. The third-order valence-corrected chi connectivity index (χ3v) is 4.15. The van der Waals surface area contributed by atoms with Crippen molar-refractivity contribution in [3.05, 3.63) is 63.1 Å². The Morgan fingerprint density at radius 1 is 1.19 bits per heavy atom. The van der Waals surface area contributed by atoms with Crippen molar-refractivity contribution in [1.82, 2.24) is 5.32 Å². The molecule has 136 valence electrons. The Bertz CT molecular complexity index is 842. The molecule has 0 saturated heterocycles. The van der Waals surface area contributed by atoms with Crippen LogP contribution in [0.15, 0.2) is 46.9 Å². The molecule has 0 spiro atoms. The first-order valence-corrected chi connectivity index (χ1v) is 8.47. The van der Waals surface area contributed by atoms with Gasteiger partial charge in [-0.1, -0.05) is 27.5 Å². The fourth-order valence-electron chi connectivity index (χ4n) is 2.00. The number of hydrogen-bond acceptors (Lipinski definition) is 4. The van der Waals surface area contributed by atoms with E-state index in [1.54, 1.807) is 24.3 Å². The van der Waals surface area contributed by atoms with Crippen molar-refractivity contribution in [1.29, 1.82) is 0 Å². The molecule has 0 aliphatic carbocycles. The largest absolute Gasteiger partial charge is 0.478 e. The van der Waals surface area contributed by atoms with E-state index in [-0.39, 0.29) is 22.7 Å². The molecule has 2 amide bonds. The van der Waals surface area contributed by atoms with Crippen molar-refractivity contribution in [3.63, 3.8) is 0 Å².